The highest BCUT2D eigenvalue weighted by atomic mass is 31.2. The molecule has 192 valence electrons. The van der Waals surface area contributed by atoms with Gasteiger partial charge in [0.25, 0.3) is 5.56 Å². The number of aromatic amines is 1. The molecule has 12 nitrogen and oxygen atoms in total. The maximum absolute atomic E-state index is 15.4. The molecule has 2 aromatic rings. The lowest BCUT2D eigenvalue weighted by atomic mass is 9.98. The topological polar surface area (TPSA) is 158 Å². The second-order valence-electron chi connectivity index (χ2n) is 7.89. The van der Waals surface area contributed by atoms with E-state index in [1.807, 2.05) is 11.9 Å². The molecule has 1 aliphatic heterocycles. The van der Waals surface area contributed by atoms with E-state index >= 15 is 4.39 Å². The van der Waals surface area contributed by atoms with Crippen LogP contribution in [0.3, 0.4) is 0 Å². The summed E-state index contributed by atoms with van der Waals surface area (Å²) in [5.74, 6) is -0.538. The van der Waals surface area contributed by atoms with E-state index in [0.717, 1.165) is 23.8 Å². The van der Waals surface area contributed by atoms with Crippen LogP contribution in [0, 0.1) is 0 Å². The van der Waals surface area contributed by atoms with Crippen LogP contribution < -0.4 is 20.9 Å². The first-order valence-corrected chi connectivity index (χ1v) is 12.3. The van der Waals surface area contributed by atoms with Crippen LogP contribution in [0.15, 0.2) is 52.2 Å². The molecule has 0 aliphatic carbocycles. The lowest BCUT2D eigenvalue weighted by Crippen LogP contribution is -2.43. The van der Waals surface area contributed by atoms with E-state index in [4.69, 9.17) is 18.5 Å². The zero-order valence-electron chi connectivity index (χ0n) is 19.1. The summed E-state index contributed by atoms with van der Waals surface area (Å²) in [6.07, 6.45) is -3.16. The number of alkyl halides is 1. The van der Waals surface area contributed by atoms with Crippen LogP contribution in [-0.2, 0) is 23.4 Å². The number of aliphatic hydroxyl groups is 1. The average Bonchev–Trinajstić information content (AvgIpc) is 3.04. The third kappa shape index (κ3) is 6.65. The highest BCUT2D eigenvalue weighted by Gasteiger charge is 2.55. The molecule has 14 heteroatoms. The molecule has 1 saturated heterocycles. The fourth-order valence-electron chi connectivity index (χ4n) is 3.29. The second-order valence-corrected chi connectivity index (χ2v) is 9.65. The van der Waals surface area contributed by atoms with Crippen LogP contribution >= 0.6 is 7.75 Å². The molecule has 5 atom stereocenters. The Hall–Kier alpha value is -2.83. The van der Waals surface area contributed by atoms with Gasteiger partial charge in [-0.15, -0.1) is 0 Å². The number of carbonyl (C=O) groups excluding carboxylic acids is 1. The SMILES string of the molecule is CCCOC(=O)CNP(=O)(OC[C@H]1O[C@@H](n2ccc(=O)[nH]c2=O)[C@](C)(F)[C@@H]1O)Oc1ccccc1. The smallest absolute Gasteiger partial charge is 0.459 e. The van der Waals surface area contributed by atoms with Crippen LogP contribution in [0.4, 0.5) is 4.39 Å². The predicted octanol–water partition coefficient (Wildman–Crippen LogP) is 1.27. The van der Waals surface area contributed by atoms with Crippen molar-refractivity contribution in [1.82, 2.24) is 14.6 Å². The Morgan fingerprint density at radius 1 is 1.31 bits per heavy atom. The Balaban J connectivity index is 1.75. The van der Waals surface area contributed by atoms with Gasteiger partial charge in [0.15, 0.2) is 11.9 Å². The van der Waals surface area contributed by atoms with E-state index in [9.17, 15) is 24.1 Å². The van der Waals surface area contributed by atoms with Crippen molar-refractivity contribution < 1.29 is 37.4 Å². The maximum Gasteiger partial charge on any atom is 0.459 e. The lowest BCUT2D eigenvalue weighted by Gasteiger charge is -2.24. The maximum atomic E-state index is 15.4. The molecule has 1 aromatic carbocycles. The summed E-state index contributed by atoms with van der Waals surface area (Å²) < 4.78 is 50.8. The van der Waals surface area contributed by atoms with E-state index in [0.29, 0.717) is 6.42 Å². The van der Waals surface area contributed by atoms with Crippen molar-refractivity contribution in [3.05, 3.63) is 63.4 Å². The van der Waals surface area contributed by atoms with Gasteiger partial charge in [0.2, 0.25) is 0 Å². The minimum atomic E-state index is -4.24. The lowest BCUT2D eigenvalue weighted by molar-refractivity contribution is -0.142. The first-order chi connectivity index (χ1) is 16.6. The van der Waals surface area contributed by atoms with Crippen molar-refractivity contribution >= 4 is 13.7 Å². The summed E-state index contributed by atoms with van der Waals surface area (Å²) in [5, 5.41) is 12.9. The van der Waals surface area contributed by atoms with E-state index < -0.39 is 62.2 Å². The number of ether oxygens (including phenoxy) is 2. The number of rotatable bonds is 11. The van der Waals surface area contributed by atoms with E-state index in [1.54, 1.807) is 18.2 Å². The number of esters is 1. The van der Waals surface area contributed by atoms with Crippen molar-refractivity contribution in [3.63, 3.8) is 0 Å². The summed E-state index contributed by atoms with van der Waals surface area (Å²) in [6.45, 7) is 1.87. The van der Waals surface area contributed by atoms with Gasteiger partial charge in [0, 0.05) is 12.3 Å². The third-order valence-corrected chi connectivity index (χ3v) is 6.57. The Morgan fingerprint density at radius 3 is 2.69 bits per heavy atom. The molecular formula is C21H27FN3O9P. The molecule has 0 radical (unpaired) electrons. The van der Waals surface area contributed by atoms with Crippen LogP contribution in [0.2, 0.25) is 0 Å². The van der Waals surface area contributed by atoms with Gasteiger partial charge in [-0.05, 0) is 25.5 Å². The first kappa shape index (κ1) is 26.8. The first-order valence-electron chi connectivity index (χ1n) is 10.8. The fraction of sp³-hybridized carbons (Fsp3) is 0.476. The molecule has 1 aromatic heterocycles. The van der Waals surface area contributed by atoms with Gasteiger partial charge in [-0.1, -0.05) is 25.1 Å². The number of hydrogen-bond acceptors (Lipinski definition) is 9. The van der Waals surface area contributed by atoms with Gasteiger partial charge in [0.1, 0.15) is 24.5 Å². The van der Waals surface area contributed by atoms with Gasteiger partial charge in [0.05, 0.1) is 13.2 Å². The van der Waals surface area contributed by atoms with E-state index in [-0.39, 0.29) is 12.4 Å². The minimum absolute atomic E-state index is 0.158. The Kier molecular flexibility index (Phi) is 8.62. The molecule has 3 N–H and O–H groups in total. The van der Waals surface area contributed by atoms with E-state index in [2.05, 4.69) is 5.09 Å². The number of benzene rings is 1. The summed E-state index contributed by atoms with van der Waals surface area (Å²) >= 11 is 0. The van der Waals surface area contributed by atoms with Gasteiger partial charge < -0.3 is 19.1 Å². The van der Waals surface area contributed by atoms with Gasteiger partial charge in [-0.3, -0.25) is 23.7 Å². The van der Waals surface area contributed by atoms with Crippen molar-refractivity contribution in [2.24, 2.45) is 0 Å². The molecule has 1 aliphatic rings. The Morgan fingerprint density at radius 2 is 2.03 bits per heavy atom. The van der Waals surface area contributed by atoms with Crippen molar-refractivity contribution in [2.75, 3.05) is 19.8 Å². The molecule has 3 rings (SSSR count). The molecule has 0 spiro atoms. The van der Waals surface area contributed by atoms with E-state index in [1.165, 1.54) is 12.1 Å². The third-order valence-electron chi connectivity index (χ3n) is 5.08. The number of carbonyl (C=O) groups is 1. The number of H-pyrrole nitrogens is 1. The average molecular weight is 515 g/mol. The quantitative estimate of drug-likeness (QED) is 0.294. The molecule has 35 heavy (non-hydrogen) atoms. The largest absolute Gasteiger partial charge is 0.465 e. The minimum Gasteiger partial charge on any atom is -0.465 e. The number of hydrogen-bond donors (Lipinski definition) is 3. The number of aliphatic hydroxyl groups excluding tert-OH is 1. The van der Waals surface area contributed by atoms with Gasteiger partial charge in [-0.2, -0.15) is 0 Å². The predicted molar refractivity (Wildman–Crippen MR) is 121 cm³/mol. The molecule has 0 amide bonds. The summed E-state index contributed by atoms with van der Waals surface area (Å²) in [5.41, 5.74) is -4.10. The summed E-state index contributed by atoms with van der Waals surface area (Å²) in [4.78, 5) is 37.3. The molecular weight excluding hydrogens is 488 g/mol. The highest BCUT2D eigenvalue weighted by Crippen LogP contribution is 2.46. The van der Waals surface area contributed by atoms with Crippen molar-refractivity contribution in [1.29, 1.82) is 0 Å². The standard InChI is InChI=1S/C21H27FN3O9P/c1-3-11-31-17(27)12-23-35(30,34-14-7-5-4-6-8-14)32-13-15-18(28)21(2,22)19(33-15)25-10-9-16(26)24-20(25)29/h4-10,15,18-19,28H,3,11-13H2,1-2H3,(H,23,30)(H,24,26,29)/t15-,18-,19-,21-,35?/m1/s1. The van der Waals surface area contributed by atoms with Crippen LogP contribution in [-0.4, -0.2) is 58.3 Å². The second kappa shape index (κ2) is 11.3. The monoisotopic (exact) mass is 515 g/mol. The number of nitrogens with one attached hydrogen (secondary N) is 2. The number of aromatic nitrogens is 2. The molecule has 0 saturated carbocycles. The molecule has 2 heterocycles. The fourth-order valence-corrected chi connectivity index (χ4v) is 4.56. The zero-order chi connectivity index (χ0) is 25.6. The van der Waals surface area contributed by atoms with Crippen LogP contribution in [0.5, 0.6) is 5.75 Å². The Bertz CT molecular complexity index is 1170. The number of para-hydroxylation sites is 1. The Labute approximate surface area is 199 Å². The van der Waals surface area contributed by atoms with Gasteiger partial charge >= 0.3 is 19.4 Å². The zero-order valence-corrected chi connectivity index (χ0v) is 20.0. The van der Waals surface area contributed by atoms with Gasteiger partial charge in [-0.25, -0.2) is 18.8 Å². The molecule has 1 fully saturated rings. The number of nitrogens with zero attached hydrogens (tertiary/aromatic N) is 1. The summed E-state index contributed by atoms with van der Waals surface area (Å²) in [6, 6.07) is 8.97. The summed E-state index contributed by atoms with van der Waals surface area (Å²) in [7, 11) is -4.24. The van der Waals surface area contributed by atoms with Crippen LogP contribution in [0.25, 0.3) is 0 Å². The number of halogens is 1. The van der Waals surface area contributed by atoms with Crippen molar-refractivity contribution in [2.45, 2.75) is 44.4 Å². The highest BCUT2D eigenvalue weighted by molar-refractivity contribution is 7.52. The normalized spacial score (nSPS) is 25.7. The molecule has 1 unspecified atom stereocenters. The van der Waals surface area contributed by atoms with Crippen LogP contribution in [0.1, 0.15) is 26.5 Å². The molecule has 0 bridgehead atoms. The van der Waals surface area contributed by atoms with Crippen molar-refractivity contribution in [3.8, 4) is 5.75 Å².